The number of thiophene rings is 1. The van der Waals surface area contributed by atoms with E-state index in [0.29, 0.717) is 5.84 Å². The van der Waals surface area contributed by atoms with Crippen LogP contribution < -0.4 is 5.32 Å². The van der Waals surface area contributed by atoms with Crippen molar-refractivity contribution in [2.24, 2.45) is 9.98 Å². The molecule has 1 aliphatic heterocycles. The van der Waals surface area contributed by atoms with Crippen LogP contribution in [0.2, 0.25) is 0 Å². The number of nitrogens with one attached hydrogen (secondary N) is 1. The first-order valence-corrected chi connectivity index (χ1v) is 20.0. The molecule has 0 amide bonds. The van der Waals surface area contributed by atoms with Gasteiger partial charge in [0.2, 0.25) is 0 Å². The molecule has 5 nitrogen and oxygen atoms in total. The minimum Gasteiger partial charge on any atom is -0.456 e. The number of fused-ring (bicyclic) bond motifs is 9. The summed E-state index contributed by atoms with van der Waals surface area (Å²) >= 11 is 1.82. The summed E-state index contributed by atoms with van der Waals surface area (Å²) in [6.45, 7) is 0. The number of aliphatic imine (C=N–C) groups is 2. The molecular formula is C51H32N4OS. The fourth-order valence-corrected chi connectivity index (χ4v) is 9.79. The third kappa shape index (κ3) is 5.15. The van der Waals surface area contributed by atoms with Gasteiger partial charge in [-0.25, -0.2) is 9.98 Å². The average Bonchev–Trinajstić information content (AvgIpc) is 3.95. The smallest absolute Gasteiger partial charge is 0.159 e. The molecule has 4 heterocycles. The van der Waals surface area contributed by atoms with Gasteiger partial charge in [-0.3, -0.25) is 0 Å². The van der Waals surface area contributed by atoms with Crippen molar-refractivity contribution in [1.29, 1.82) is 0 Å². The van der Waals surface area contributed by atoms with Crippen LogP contribution in [0.1, 0.15) is 22.9 Å². The summed E-state index contributed by atoms with van der Waals surface area (Å²) in [7, 11) is 0. The van der Waals surface area contributed by atoms with Crippen LogP contribution in [0, 0.1) is 0 Å². The summed E-state index contributed by atoms with van der Waals surface area (Å²) in [6, 6.07) is 64.5. The van der Waals surface area contributed by atoms with Gasteiger partial charge in [-0.15, -0.1) is 11.3 Å². The monoisotopic (exact) mass is 748 g/mol. The molecule has 0 bridgehead atoms. The molecule has 0 fully saturated rings. The van der Waals surface area contributed by atoms with Crippen molar-refractivity contribution < 1.29 is 4.42 Å². The van der Waals surface area contributed by atoms with E-state index in [9.17, 15) is 0 Å². The van der Waals surface area contributed by atoms with Gasteiger partial charge < -0.3 is 14.3 Å². The Morgan fingerprint density at radius 2 is 1.19 bits per heavy atom. The molecule has 11 aromatic rings. The average molecular weight is 749 g/mol. The number of benzene rings is 8. The summed E-state index contributed by atoms with van der Waals surface area (Å²) in [5.74, 6) is 1.50. The number of nitrogens with zero attached hydrogens (tertiary/aromatic N) is 3. The molecule has 57 heavy (non-hydrogen) atoms. The summed E-state index contributed by atoms with van der Waals surface area (Å²) in [5.41, 5.74) is 10.8. The molecule has 8 aromatic carbocycles. The fourth-order valence-electron chi connectivity index (χ4n) is 8.60. The molecule has 1 aliphatic rings. The Morgan fingerprint density at radius 1 is 0.509 bits per heavy atom. The standard InChI is InChI=1S/C51H32N4OS/c1-3-12-31(13-4-1)49-52-50(33-24-27-45-41(28-33)37-16-8-10-21-44(37)56-45)54-51(53-49)34-23-26-39-38-25-22-32(29-46(38)57-47(39)30-34)36-18-11-20-43-48(36)40-17-7-9-19-42(40)55(43)35-14-5-2-6-15-35/h1-30,50H,(H,52,53,54). The Kier molecular flexibility index (Phi) is 7.09. The zero-order valence-electron chi connectivity index (χ0n) is 30.6. The predicted octanol–water partition coefficient (Wildman–Crippen LogP) is 13.2. The van der Waals surface area contributed by atoms with Crippen molar-refractivity contribution in [2.75, 3.05) is 0 Å². The van der Waals surface area contributed by atoms with E-state index in [1.54, 1.807) is 0 Å². The molecule has 0 radical (unpaired) electrons. The number of amidine groups is 2. The van der Waals surface area contributed by atoms with Crippen molar-refractivity contribution in [1.82, 2.24) is 9.88 Å². The Morgan fingerprint density at radius 3 is 2.04 bits per heavy atom. The zero-order chi connectivity index (χ0) is 37.5. The molecule has 268 valence electrons. The topological polar surface area (TPSA) is 54.8 Å². The van der Waals surface area contributed by atoms with Crippen LogP contribution in [0.3, 0.4) is 0 Å². The zero-order valence-corrected chi connectivity index (χ0v) is 31.4. The molecule has 12 rings (SSSR count). The molecule has 1 N–H and O–H groups in total. The lowest BCUT2D eigenvalue weighted by atomic mass is 9.98. The summed E-state index contributed by atoms with van der Waals surface area (Å²) in [5, 5.41) is 10.8. The minimum atomic E-state index is -0.332. The highest BCUT2D eigenvalue weighted by molar-refractivity contribution is 7.25. The molecule has 0 aliphatic carbocycles. The van der Waals surface area contributed by atoms with Gasteiger partial charge in [0.05, 0.1) is 11.0 Å². The van der Waals surface area contributed by atoms with E-state index in [1.165, 1.54) is 53.1 Å². The lowest BCUT2D eigenvalue weighted by molar-refractivity contribution is 0.663. The van der Waals surface area contributed by atoms with Gasteiger partial charge in [0.15, 0.2) is 5.84 Å². The second-order valence-corrected chi connectivity index (χ2v) is 15.7. The largest absolute Gasteiger partial charge is 0.456 e. The van der Waals surface area contributed by atoms with Crippen LogP contribution in [0.5, 0.6) is 0 Å². The van der Waals surface area contributed by atoms with Gasteiger partial charge >= 0.3 is 0 Å². The molecule has 1 unspecified atom stereocenters. The van der Waals surface area contributed by atoms with Crippen molar-refractivity contribution in [3.63, 3.8) is 0 Å². The minimum absolute atomic E-state index is 0.332. The summed E-state index contributed by atoms with van der Waals surface area (Å²) in [4.78, 5) is 10.4. The molecule has 1 atom stereocenters. The van der Waals surface area contributed by atoms with Gasteiger partial charge in [0, 0.05) is 58.5 Å². The molecule has 3 aromatic heterocycles. The molecule has 0 saturated carbocycles. The quantitative estimate of drug-likeness (QED) is 0.191. The Labute approximate surface area is 331 Å². The SMILES string of the molecule is c1ccc(C2=NC(c3ccc4c(c3)sc3cc(-c5cccc6c5c5ccccc5n6-c5ccccc5)ccc34)=NC(c3ccc4oc5ccccc5c4c3)N2)cc1. The Bertz CT molecular complexity index is 3450. The van der Waals surface area contributed by atoms with Gasteiger partial charge in [-0.1, -0.05) is 127 Å². The van der Waals surface area contributed by atoms with E-state index in [1.807, 2.05) is 41.7 Å². The Balaban J connectivity index is 0.970. The number of rotatable bonds is 5. The number of para-hydroxylation sites is 3. The van der Waals surface area contributed by atoms with E-state index in [4.69, 9.17) is 14.4 Å². The van der Waals surface area contributed by atoms with Crippen LogP contribution >= 0.6 is 11.3 Å². The first kappa shape index (κ1) is 32.0. The fraction of sp³-hybridized carbons (Fsp3) is 0.0196. The number of aromatic nitrogens is 1. The van der Waals surface area contributed by atoms with Crippen molar-refractivity contribution in [3.8, 4) is 16.8 Å². The predicted molar refractivity (Wildman–Crippen MR) is 238 cm³/mol. The van der Waals surface area contributed by atoms with E-state index >= 15 is 0 Å². The first-order valence-electron chi connectivity index (χ1n) is 19.2. The highest BCUT2D eigenvalue weighted by atomic mass is 32.1. The normalized spacial score (nSPS) is 14.5. The van der Waals surface area contributed by atoms with Crippen molar-refractivity contribution in [2.45, 2.75) is 6.17 Å². The van der Waals surface area contributed by atoms with Crippen LogP contribution in [-0.2, 0) is 0 Å². The van der Waals surface area contributed by atoms with E-state index in [0.717, 1.165) is 50.2 Å². The number of hydrogen-bond acceptors (Lipinski definition) is 5. The summed E-state index contributed by atoms with van der Waals surface area (Å²) < 4.78 is 11.0. The number of hydrogen-bond donors (Lipinski definition) is 1. The molecule has 0 spiro atoms. The van der Waals surface area contributed by atoms with Crippen LogP contribution in [0.25, 0.3) is 80.7 Å². The third-order valence-corrected chi connectivity index (χ3v) is 12.4. The van der Waals surface area contributed by atoms with Gasteiger partial charge in [0.25, 0.3) is 0 Å². The first-order chi connectivity index (χ1) is 28.2. The van der Waals surface area contributed by atoms with Gasteiger partial charge in [0.1, 0.15) is 23.2 Å². The maximum absolute atomic E-state index is 6.15. The lowest BCUT2D eigenvalue weighted by Gasteiger charge is -2.23. The third-order valence-electron chi connectivity index (χ3n) is 11.3. The molecule has 6 heteroatoms. The molecule has 0 saturated heterocycles. The van der Waals surface area contributed by atoms with Crippen molar-refractivity contribution >= 4 is 86.9 Å². The van der Waals surface area contributed by atoms with Gasteiger partial charge in [-0.05, 0) is 71.3 Å². The Hall–Kier alpha value is -7.28. The maximum atomic E-state index is 6.15. The van der Waals surface area contributed by atoms with Crippen LogP contribution in [-0.4, -0.2) is 16.2 Å². The highest BCUT2D eigenvalue weighted by Gasteiger charge is 2.23. The van der Waals surface area contributed by atoms with Crippen LogP contribution in [0.4, 0.5) is 0 Å². The second kappa shape index (κ2) is 12.6. The van der Waals surface area contributed by atoms with E-state index in [2.05, 4.69) is 162 Å². The second-order valence-electron chi connectivity index (χ2n) is 14.6. The van der Waals surface area contributed by atoms with E-state index < -0.39 is 0 Å². The summed E-state index contributed by atoms with van der Waals surface area (Å²) in [6.07, 6.45) is -0.332. The van der Waals surface area contributed by atoms with Crippen molar-refractivity contribution in [3.05, 3.63) is 199 Å². The van der Waals surface area contributed by atoms with Crippen LogP contribution in [0.15, 0.2) is 196 Å². The van der Waals surface area contributed by atoms with E-state index in [-0.39, 0.29) is 6.17 Å². The maximum Gasteiger partial charge on any atom is 0.159 e. The molecular weight excluding hydrogens is 717 g/mol. The van der Waals surface area contributed by atoms with Gasteiger partial charge in [-0.2, -0.15) is 0 Å². The number of furan rings is 1. The highest BCUT2D eigenvalue weighted by Crippen LogP contribution is 2.42. The lowest BCUT2D eigenvalue weighted by Crippen LogP contribution is -2.33.